The lowest BCUT2D eigenvalue weighted by molar-refractivity contribution is 0.129. The van der Waals surface area contributed by atoms with Crippen molar-refractivity contribution in [3.05, 3.63) is 48.3 Å². The molecule has 1 N–H and O–H groups in total. The lowest BCUT2D eigenvalue weighted by Gasteiger charge is -2.14. The predicted molar refractivity (Wildman–Crippen MR) is 94.2 cm³/mol. The Morgan fingerprint density at radius 2 is 2.12 bits per heavy atom. The van der Waals surface area contributed by atoms with Crippen molar-refractivity contribution in [1.82, 2.24) is 15.0 Å². The van der Waals surface area contributed by atoms with Gasteiger partial charge in [-0.2, -0.15) is 0 Å². The first kappa shape index (κ1) is 15.6. The fraction of sp³-hybridized carbons (Fsp3) is 0.421. The molecule has 2 fully saturated rings. The van der Waals surface area contributed by atoms with Crippen LogP contribution < -0.4 is 4.90 Å². The Hall–Kier alpha value is -2.67. The zero-order chi connectivity index (χ0) is 17.7. The Balaban J connectivity index is 1.26. The molecule has 2 aromatic rings. The van der Waals surface area contributed by atoms with E-state index in [0.717, 1.165) is 12.1 Å². The number of benzene rings is 1. The van der Waals surface area contributed by atoms with Crippen molar-refractivity contribution in [2.45, 2.75) is 19.1 Å². The van der Waals surface area contributed by atoms with Crippen molar-refractivity contribution in [3.8, 4) is 0 Å². The molecular formula is C19H20N4O3. The molecule has 0 radical (unpaired) electrons. The van der Waals surface area contributed by atoms with Crippen LogP contribution in [0.25, 0.3) is 5.57 Å². The standard InChI is InChI=1S/C19H20N4O3/c24-11-18-16-7-13(8-17(16)18)12-1-3-14(4-2-12)23-10-15(26-19(23)25)9-22-6-5-20-21-22/h1-7,15-18,24H,8-11H2/t15-,16+,17-,18-/m0/s1. The maximum absolute atomic E-state index is 12.2. The summed E-state index contributed by atoms with van der Waals surface area (Å²) < 4.78 is 7.11. The van der Waals surface area contributed by atoms with E-state index in [2.05, 4.69) is 28.5 Å². The molecule has 0 spiro atoms. The maximum Gasteiger partial charge on any atom is 0.414 e. The van der Waals surface area contributed by atoms with E-state index in [-0.39, 0.29) is 12.2 Å². The number of cyclic esters (lactones) is 1. The van der Waals surface area contributed by atoms with E-state index >= 15 is 0 Å². The van der Waals surface area contributed by atoms with E-state index in [0.29, 0.717) is 37.5 Å². The number of allylic oxidation sites excluding steroid dienone is 2. The van der Waals surface area contributed by atoms with Gasteiger partial charge >= 0.3 is 6.09 Å². The minimum Gasteiger partial charge on any atom is -0.442 e. The van der Waals surface area contributed by atoms with Crippen LogP contribution in [-0.2, 0) is 11.3 Å². The number of ether oxygens (including phenoxy) is 1. The molecule has 1 saturated heterocycles. The molecule has 7 heteroatoms. The van der Waals surface area contributed by atoms with Gasteiger partial charge in [-0.05, 0) is 47.4 Å². The third-order valence-electron chi connectivity index (χ3n) is 5.74. The van der Waals surface area contributed by atoms with Crippen LogP contribution >= 0.6 is 0 Å². The van der Waals surface area contributed by atoms with Gasteiger partial charge < -0.3 is 9.84 Å². The quantitative estimate of drug-likeness (QED) is 0.889. The van der Waals surface area contributed by atoms with Crippen LogP contribution in [0.15, 0.2) is 42.7 Å². The smallest absolute Gasteiger partial charge is 0.414 e. The van der Waals surface area contributed by atoms with Crippen molar-refractivity contribution in [2.75, 3.05) is 18.1 Å². The zero-order valence-electron chi connectivity index (χ0n) is 14.2. The SMILES string of the molecule is O=C1O[C@@H](Cn2ccnn2)CN1c1ccc(C2=C[C@H]3[C@H](CO)[C@H]3C2)cc1. The molecule has 3 aliphatic rings. The van der Waals surface area contributed by atoms with E-state index in [1.807, 2.05) is 12.1 Å². The van der Waals surface area contributed by atoms with Crippen LogP contribution in [0.4, 0.5) is 10.5 Å². The van der Waals surface area contributed by atoms with Crippen LogP contribution in [-0.4, -0.2) is 45.4 Å². The Bertz CT molecular complexity index is 846. The Labute approximate surface area is 150 Å². The second-order valence-corrected chi connectivity index (χ2v) is 7.27. The fourth-order valence-electron chi connectivity index (χ4n) is 4.26. The van der Waals surface area contributed by atoms with Gasteiger partial charge in [0.2, 0.25) is 0 Å². The highest BCUT2D eigenvalue weighted by atomic mass is 16.6. The van der Waals surface area contributed by atoms with Gasteiger partial charge in [0, 0.05) is 18.5 Å². The summed E-state index contributed by atoms with van der Waals surface area (Å²) in [6.45, 7) is 1.30. The average molecular weight is 352 g/mol. The fourth-order valence-corrected chi connectivity index (χ4v) is 4.26. The minimum absolute atomic E-state index is 0.232. The number of hydrogen-bond donors (Lipinski definition) is 1. The molecule has 1 aromatic carbocycles. The number of aliphatic hydroxyl groups is 1. The molecule has 2 heterocycles. The number of carbonyl (C=O) groups excluding carboxylic acids is 1. The molecule has 1 aromatic heterocycles. The van der Waals surface area contributed by atoms with Gasteiger partial charge in [0.15, 0.2) is 0 Å². The molecule has 134 valence electrons. The second-order valence-electron chi connectivity index (χ2n) is 7.27. The van der Waals surface area contributed by atoms with Crippen molar-refractivity contribution in [3.63, 3.8) is 0 Å². The molecule has 0 unspecified atom stereocenters. The highest BCUT2D eigenvalue weighted by molar-refractivity contribution is 5.90. The van der Waals surface area contributed by atoms with Crippen LogP contribution in [0.2, 0.25) is 0 Å². The van der Waals surface area contributed by atoms with Gasteiger partial charge in [-0.15, -0.1) is 5.10 Å². The van der Waals surface area contributed by atoms with Gasteiger partial charge in [0.1, 0.15) is 6.10 Å². The lowest BCUT2D eigenvalue weighted by Crippen LogP contribution is -2.26. The van der Waals surface area contributed by atoms with Crippen LogP contribution in [0.5, 0.6) is 0 Å². The van der Waals surface area contributed by atoms with Crippen LogP contribution in [0.1, 0.15) is 12.0 Å². The van der Waals surface area contributed by atoms with Gasteiger partial charge in [0.05, 0.1) is 19.3 Å². The van der Waals surface area contributed by atoms with E-state index in [9.17, 15) is 9.90 Å². The summed E-state index contributed by atoms with van der Waals surface area (Å²) in [6, 6.07) is 8.08. The van der Waals surface area contributed by atoms with Gasteiger partial charge in [-0.3, -0.25) is 4.90 Å². The number of carbonyl (C=O) groups is 1. The number of hydrogen-bond acceptors (Lipinski definition) is 5. The maximum atomic E-state index is 12.2. The third-order valence-corrected chi connectivity index (χ3v) is 5.74. The summed E-state index contributed by atoms with van der Waals surface area (Å²) in [5.41, 5.74) is 3.39. The molecule has 4 atom stereocenters. The van der Waals surface area contributed by atoms with E-state index < -0.39 is 0 Å². The third kappa shape index (κ3) is 2.59. The number of fused-ring (bicyclic) bond motifs is 1. The number of aromatic nitrogens is 3. The Morgan fingerprint density at radius 1 is 1.27 bits per heavy atom. The number of rotatable bonds is 5. The molecule has 1 aliphatic heterocycles. The highest BCUT2D eigenvalue weighted by Crippen LogP contribution is 2.57. The van der Waals surface area contributed by atoms with Crippen LogP contribution in [0.3, 0.4) is 0 Å². The van der Waals surface area contributed by atoms with Crippen molar-refractivity contribution >= 4 is 17.4 Å². The summed E-state index contributed by atoms with van der Waals surface area (Å²) in [5.74, 6) is 1.65. The van der Waals surface area contributed by atoms with Gasteiger partial charge in [-0.25, -0.2) is 9.48 Å². The van der Waals surface area contributed by atoms with E-state index in [4.69, 9.17) is 4.74 Å². The van der Waals surface area contributed by atoms with E-state index in [1.165, 1.54) is 11.1 Å². The largest absolute Gasteiger partial charge is 0.442 e. The summed E-state index contributed by atoms with van der Waals surface area (Å²) in [5, 5.41) is 16.9. The number of aliphatic hydroxyl groups excluding tert-OH is 1. The first-order chi connectivity index (χ1) is 12.7. The Kier molecular flexibility index (Phi) is 3.56. The summed E-state index contributed by atoms with van der Waals surface area (Å²) in [4.78, 5) is 13.9. The van der Waals surface area contributed by atoms with Crippen LogP contribution in [0, 0.1) is 17.8 Å². The Morgan fingerprint density at radius 3 is 2.77 bits per heavy atom. The van der Waals surface area contributed by atoms with Gasteiger partial charge in [0.25, 0.3) is 0 Å². The normalized spacial score (nSPS) is 29.5. The molecule has 1 saturated carbocycles. The van der Waals surface area contributed by atoms with Crippen molar-refractivity contribution in [1.29, 1.82) is 0 Å². The molecule has 5 rings (SSSR count). The molecule has 0 bridgehead atoms. The minimum atomic E-state index is -0.324. The average Bonchev–Trinajstić information content (AvgIpc) is 3.11. The second kappa shape index (κ2) is 5.95. The number of amides is 1. The van der Waals surface area contributed by atoms with Crippen molar-refractivity contribution < 1.29 is 14.6 Å². The lowest BCUT2D eigenvalue weighted by atomic mass is 10.0. The zero-order valence-corrected chi connectivity index (χ0v) is 14.2. The topological polar surface area (TPSA) is 80.5 Å². The number of nitrogens with zero attached hydrogens (tertiary/aromatic N) is 4. The van der Waals surface area contributed by atoms with Gasteiger partial charge in [-0.1, -0.05) is 23.4 Å². The first-order valence-corrected chi connectivity index (χ1v) is 8.97. The van der Waals surface area contributed by atoms with E-state index in [1.54, 1.807) is 22.0 Å². The molecular weight excluding hydrogens is 332 g/mol. The molecule has 1 amide bonds. The highest BCUT2D eigenvalue weighted by Gasteiger charge is 2.51. The first-order valence-electron chi connectivity index (χ1n) is 8.97. The van der Waals surface area contributed by atoms with Crippen molar-refractivity contribution in [2.24, 2.45) is 17.8 Å². The molecule has 7 nitrogen and oxygen atoms in total. The summed E-state index contributed by atoms with van der Waals surface area (Å²) in [6.07, 6.45) is 6.16. The summed E-state index contributed by atoms with van der Waals surface area (Å²) >= 11 is 0. The predicted octanol–water partition coefficient (Wildman–Crippen LogP) is 1.95. The monoisotopic (exact) mass is 352 g/mol. The summed E-state index contributed by atoms with van der Waals surface area (Å²) in [7, 11) is 0. The number of anilines is 1. The molecule has 26 heavy (non-hydrogen) atoms. The molecule has 2 aliphatic carbocycles.